The molecule has 2 aliphatic rings. The number of rotatable bonds is 4. The summed E-state index contributed by atoms with van der Waals surface area (Å²) < 4.78 is 0. The zero-order valence-corrected chi connectivity index (χ0v) is 17.0. The van der Waals surface area contributed by atoms with Crippen molar-refractivity contribution in [1.29, 1.82) is 0 Å². The van der Waals surface area contributed by atoms with Crippen LogP contribution in [0.15, 0.2) is 36.0 Å². The molecule has 4 rings (SSSR count). The van der Waals surface area contributed by atoms with E-state index in [2.05, 4.69) is 37.8 Å². The van der Waals surface area contributed by atoms with Crippen molar-refractivity contribution in [3.05, 3.63) is 40.9 Å². The van der Waals surface area contributed by atoms with Crippen LogP contribution < -0.4 is 9.80 Å². The Morgan fingerprint density at radius 3 is 2.25 bits per heavy atom. The van der Waals surface area contributed by atoms with Crippen molar-refractivity contribution >= 4 is 35.0 Å². The predicted molar refractivity (Wildman–Crippen MR) is 114 cm³/mol. The maximum atomic E-state index is 12.4. The van der Waals surface area contributed by atoms with E-state index in [9.17, 15) is 4.79 Å². The van der Waals surface area contributed by atoms with Gasteiger partial charge in [0.1, 0.15) is 18.0 Å². The number of amides is 1. The van der Waals surface area contributed by atoms with Gasteiger partial charge in [0.05, 0.1) is 0 Å². The molecule has 2 fully saturated rings. The number of nitrogens with zero attached hydrogens (tertiary/aromatic N) is 6. The highest BCUT2D eigenvalue weighted by Gasteiger charge is 2.22. The second-order valence-electron chi connectivity index (χ2n) is 7.19. The van der Waals surface area contributed by atoms with E-state index < -0.39 is 0 Å². The Labute approximate surface area is 169 Å². The van der Waals surface area contributed by atoms with Crippen LogP contribution in [-0.4, -0.2) is 85.1 Å². The van der Waals surface area contributed by atoms with Crippen LogP contribution in [0.5, 0.6) is 0 Å². The van der Waals surface area contributed by atoms with E-state index in [1.54, 1.807) is 23.7 Å². The van der Waals surface area contributed by atoms with Crippen molar-refractivity contribution < 1.29 is 4.79 Å². The van der Waals surface area contributed by atoms with Gasteiger partial charge in [0.25, 0.3) is 0 Å². The molecule has 2 aliphatic heterocycles. The number of carbonyl (C=O) groups is 1. The summed E-state index contributed by atoms with van der Waals surface area (Å²) in [6.07, 6.45) is 5.23. The summed E-state index contributed by atoms with van der Waals surface area (Å²) in [5.74, 6) is 2.02. The van der Waals surface area contributed by atoms with E-state index in [1.165, 1.54) is 0 Å². The molecule has 0 N–H and O–H groups in total. The molecule has 0 saturated carbocycles. The molecule has 8 heteroatoms. The predicted octanol–water partition coefficient (Wildman–Crippen LogP) is 1.65. The van der Waals surface area contributed by atoms with E-state index in [0.29, 0.717) is 13.1 Å². The molecule has 1 amide bonds. The lowest BCUT2D eigenvalue weighted by atomic mass is 10.2. The van der Waals surface area contributed by atoms with Crippen LogP contribution in [0, 0.1) is 0 Å². The average molecular weight is 399 g/mol. The van der Waals surface area contributed by atoms with Crippen LogP contribution in [0.1, 0.15) is 4.88 Å². The molecule has 0 atom stereocenters. The molecule has 0 unspecified atom stereocenters. The molecule has 148 valence electrons. The third-order valence-electron chi connectivity index (χ3n) is 5.31. The number of anilines is 2. The average Bonchev–Trinajstić information content (AvgIpc) is 3.26. The summed E-state index contributed by atoms with van der Waals surface area (Å²) in [6.45, 7) is 7.09. The van der Waals surface area contributed by atoms with Crippen LogP contribution in [0.4, 0.5) is 11.6 Å². The zero-order chi connectivity index (χ0) is 19.3. The molecule has 0 aromatic carbocycles. The Kier molecular flexibility index (Phi) is 5.87. The Morgan fingerprint density at radius 1 is 1.00 bits per heavy atom. The first kappa shape index (κ1) is 18.9. The normalized spacial score (nSPS) is 18.8. The number of aromatic nitrogens is 2. The van der Waals surface area contributed by atoms with Crippen molar-refractivity contribution in [3.63, 3.8) is 0 Å². The summed E-state index contributed by atoms with van der Waals surface area (Å²) in [7, 11) is 2.15. The van der Waals surface area contributed by atoms with Gasteiger partial charge >= 0.3 is 0 Å². The lowest BCUT2D eigenvalue weighted by Crippen LogP contribution is -2.48. The standard InChI is InChI=1S/C20H26N6OS/c1-23-6-8-24(9-7-23)18-15-19(22-16-21-18)25-10-12-26(13-11-25)20(27)5-4-17-3-2-14-28-17/h2-5,14-16H,6-13H2,1H3/b5-4+. The number of hydrogen-bond donors (Lipinski definition) is 0. The number of piperazine rings is 2. The van der Waals surface area contributed by atoms with Gasteiger partial charge in [-0.15, -0.1) is 11.3 Å². The first-order chi connectivity index (χ1) is 13.7. The summed E-state index contributed by atoms with van der Waals surface area (Å²) in [5.41, 5.74) is 0. The van der Waals surface area contributed by atoms with Gasteiger partial charge in [0.15, 0.2) is 0 Å². The fourth-order valence-corrected chi connectivity index (χ4v) is 4.14. The van der Waals surface area contributed by atoms with Crippen LogP contribution in [0.3, 0.4) is 0 Å². The van der Waals surface area contributed by atoms with Crippen molar-refractivity contribution in [1.82, 2.24) is 19.8 Å². The number of likely N-dealkylation sites (N-methyl/N-ethyl adjacent to an activating group) is 1. The van der Waals surface area contributed by atoms with Gasteiger partial charge in [-0.1, -0.05) is 6.07 Å². The maximum Gasteiger partial charge on any atom is 0.246 e. The molecule has 0 bridgehead atoms. The summed E-state index contributed by atoms with van der Waals surface area (Å²) in [6, 6.07) is 6.09. The van der Waals surface area contributed by atoms with Gasteiger partial charge in [0, 0.05) is 69.4 Å². The lowest BCUT2D eigenvalue weighted by molar-refractivity contribution is -0.126. The molecule has 0 aliphatic carbocycles. The smallest absolute Gasteiger partial charge is 0.246 e. The van der Waals surface area contributed by atoms with Crippen molar-refractivity contribution in [2.45, 2.75) is 0 Å². The quantitative estimate of drug-likeness (QED) is 0.730. The van der Waals surface area contributed by atoms with Gasteiger partial charge in [-0.3, -0.25) is 4.79 Å². The number of hydrogen-bond acceptors (Lipinski definition) is 7. The molecule has 28 heavy (non-hydrogen) atoms. The minimum atomic E-state index is 0.0777. The molecule has 2 aromatic heterocycles. The second kappa shape index (κ2) is 8.70. The number of carbonyl (C=O) groups excluding carboxylic acids is 1. The van der Waals surface area contributed by atoms with Crippen molar-refractivity contribution in [3.8, 4) is 0 Å². The minimum Gasteiger partial charge on any atom is -0.354 e. The van der Waals surface area contributed by atoms with Gasteiger partial charge in [-0.2, -0.15) is 0 Å². The molecule has 0 radical (unpaired) electrons. The van der Waals surface area contributed by atoms with Gasteiger partial charge < -0.3 is 19.6 Å². The lowest BCUT2D eigenvalue weighted by Gasteiger charge is -2.36. The fourth-order valence-electron chi connectivity index (χ4n) is 3.52. The SMILES string of the molecule is CN1CCN(c2cc(N3CCN(C(=O)/C=C/c4cccs4)CC3)ncn2)CC1. The van der Waals surface area contributed by atoms with E-state index >= 15 is 0 Å². The highest BCUT2D eigenvalue weighted by molar-refractivity contribution is 7.10. The van der Waals surface area contributed by atoms with Crippen LogP contribution in [-0.2, 0) is 4.79 Å². The largest absolute Gasteiger partial charge is 0.354 e. The Morgan fingerprint density at radius 2 is 1.64 bits per heavy atom. The molecular formula is C20H26N6OS. The van der Waals surface area contributed by atoms with Crippen molar-refractivity contribution in [2.24, 2.45) is 0 Å². The molecule has 7 nitrogen and oxygen atoms in total. The van der Waals surface area contributed by atoms with Crippen LogP contribution >= 0.6 is 11.3 Å². The maximum absolute atomic E-state index is 12.4. The van der Waals surface area contributed by atoms with Crippen LogP contribution in [0.2, 0.25) is 0 Å². The summed E-state index contributed by atoms with van der Waals surface area (Å²) in [4.78, 5) is 31.3. The van der Waals surface area contributed by atoms with E-state index in [-0.39, 0.29) is 5.91 Å². The monoisotopic (exact) mass is 398 g/mol. The molecule has 0 spiro atoms. The summed E-state index contributed by atoms with van der Waals surface area (Å²) in [5, 5.41) is 2.01. The van der Waals surface area contributed by atoms with E-state index in [4.69, 9.17) is 0 Å². The second-order valence-corrected chi connectivity index (χ2v) is 8.17. The third kappa shape index (κ3) is 4.51. The number of thiophene rings is 1. The zero-order valence-electron chi connectivity index (χ0n) is 16.2. The molecular weight excluding hydrogens is 372 g/mol. The Balaban J connectivity index is 1.33. The highest BCUT2D eigenvalue weighted by atomic mass is 32.1. The molecule has 4 heterocycles. The fraction of sp³-hybridized carbons (Fsp3) is 0.450. The van der Waals surface area contributed by atoms with Gasteiger partial charge in [0.2, 0.25) is 5.91 Å². The molecule has 2 saturated heterocycles. The van der Waals surface area contributed by atoms with Gasteiger partial charge in [-0.05, 0) is 24.6 Å². The molecule has 2 aromatic rings. The first-order valence-electron chi connectivity index (χ1n) is 9.70. The van der Waals surface area contributed by atoms with E-state index in [1.807, 2.05) is 28.5 Å². The highest BCUT2D eigenvalue weighted by Crippen LogP contribution is 2.20. The third-order valence-corrected chi connectivity index (χ3v) is 6.15. The van der Waals surface area contributed by atoms with E-state index in [0.717, 1.165) is 55.8 Å². The minimum absolute atomic E-state index is 0.0777. The Bertz CT molecular complexity index is 808. The topological polar surface area (TPSA) is 55.8 Å². The first-order valence-corrected chi connectivity index (χ1v) is 10.6. The van der Waals surface area contributed by atoms with Crippen molar-refractivity contribution in [2.75, 3.05) is 69.2 Å². The summed E-state index contributed by atoms with van der Waals surface area (Å²) >= 11 is 1.64. The van der Waals surface area contributed by atoms with Crippen LogP contribution in [0.25, 0.3) is 6.08 Å². The Hall–Kier alpha value is -2.45. The van der Waals surface area contributed by atoms with Gasteiger partial charge in [-0.25, -0.2) is 9.97 Å².